The molecule has 1 nitrogen and oxygen atoms in total. The van der Waals surface area contributed by atoms with Crippen molar-refractivity contribution in [1.82, 2.24) is 0 Å². The molecular weight excluding hydrogens is 447 g/mol. The molecule has 0 aliphatic rings. The van der Waals surface area contributed by atoms with Crippen LogP contribution < -0.4 is 0 Å². The number of hydrogen-bond acceptors (Lipinski definition) is 1. The van der Waals surface area contributed by atoms with Gasteiger partial charge in [-0.05, 0) is 0 Å². The molecule has 2 aromatic carbocycles. The van der Waals surface area contributed by atoms with E-state index in [1.807, 2.05) is 30.3 Å². The molecule has 0 radical (unpaired) electrons. The van der Waals surface area contributed by atoms with Gasteiger partial charge in [0.2, 0.25) is 0 Å². The molecule has 0 aliphatic heterocycles. The van der Waals surface area contributed by atoms with Crippen LogP contribution in [0.25, 0.3) is 0 Å². The van der Waals surface area contributed by atoms with Crippen LogP contribution in [0.2, 0.25) is 13.3 Å². The van der Waals surface area contributed by atoms with E-state index in [9.17, 15) is 4.79 Å². The van der Waals surface area contributed by atoms with E-state index in [1.54, 1.807) is 0 Å². The fourth-order valence-corrected chi connectivity index (χ4v) is 22.9. The second-order valence-corrected chi connectivity index (χ2v) is 22.0. The number of benzene rings is 2. The molecule has 2 aromatic rings. The third kappa shape index (κ3) is 6.20. The quantitative estimate of drug-likeness (QED) is 0.207. The molecule has 28 heavy (non-hydrogen) atoms. The summed E-state index contributed by atoms with van der Waals surface area (Å²) >= 11 is -2.78. The fraction of sp³-hybridized carbons (Fsp3) is 0.500. The van der Waals surface area contributed by atoms with E-state index >= 15 is 0 Å². The number of ketones is 1. The average Bonchev–Trinajstić information content (AvgIpc) is 2.76. The number of carbonyl (C=O) groups is 1. The van der Waals surface area contributed by atoms with Gasteiger partial charge in [0.25, 0.3) is 0 Å². The first-order valence-electron chi connectivity index (χ1n) is 11.3. The van der Waals surface area contributed by atoms with Crippen molar-refractivity contribution in [3.05, 3.63) is 71.8 Å². The molecule has 0 bridgehead atoms. The Labute approximate surface area is 176 Å². The molecule has 0 aromatic heterocycles. The summed E-state index contributed by atoms with van der Waals surface area (Å²) in [6, 6.07) is 20.8. The molecule has 0 saturated carbocycles. The van der Waals surface area contributed by atoms with Crippen molar-refractivity contribution in [2.75, 3.05) is 0 Å². The van der Waals surface area contributed by atoms with Crippen molar-refractivity contribution in [3.8, 4) is 0 Å². The van der Waals surface area contributed by atoms with Crippen molar-refractivity contribution in [2.45, 2.75) is 76.5 Å². The first-order chi connectivity index (χ1) is 13.7. The Morgan fingerprint density at radius 3 is 1.57 bits per heavy atom. The van der Waals surface area contributed by atoms with Crippen LogP contribution in [0.5, 0.6) is 0 Å². The van der Waals surface area contributed by atoms with E-state index < -0.39 is 18.4 Å². The van der Waals surface area contributed by atoms with Crippen LogP contribution in [0.15, 0.2) is 60.7 Å². The summed E-state index contributed by atoms with van der Waals surface area (Å²) in [5, 5.41) is 0. The summed E-state index contributed by atoms with van der Waals surface area (Å²) in [5.41, 5.74) is 2.19. The van der Waals surface area contributed by atoms with Gasteiger partial charge in [-0.1, -0.05) is 0 Å². The number of rotatable bonds is 13. The zero-order valence-corrected chi connectivity index (χ0v) is 21.0. The summed E-state index contributed by atoms with van der Waals surface area (Å²) in [6.45, 7) is 6.90. The summed E-state index contributed by atoms with van der Waals surface area (Å²) < 4.78 is 4.21. The van der Waals surface area contributed by atoms with E-state index in [4.69, 9.17) is 0 Å². The minimum absolute atomic E-state index is 0.155. The van der Waals surface area contributed by atoms with E-state index in [1.165, 1.54) is 57.4 Å². The number of Topliss-reactive ketones (excluding diaryl/α,β-unsaturated/α-hetero) is 1. The Balaban J connectivity index is 2.56. The minimum atomic E-state index is -2.78. The van der Waals surface area contributed by atoms with Gasteiger partial charge >= 0.3 is 177 Å². The zero-order chi connectivity index (χ0) is 20.2. The van der Waals surface area contributed by atoms with Gasteiger partial charge in [0.1, 0.15) is 0 Å². The van der Waals surface area contributed by atoms with Crippen LogP contribution in [-0.4, -0.2) is 24.2 Å². The first kappa shape index (κ1) is 23.2. The molecule has 1 unspecified atom stereocenters. The molecule has 0 heterocycles. The summed E-state index contributed by atoms with van der Waals surface area (Å²) in [7, 11) is 0. The molecule has 0 N–H and O–H groups in total. The third-order valence-electron chi connectivity index (χ3n) is 6.15. The number of carbonyl (C=O) groups excluding carboxylic acids is 1. The standard InChI is InChI=1S/C14H11O.3C4H9.Sn/c15-14(13-9-5-2-6-10-13)11-12-7-3-1-4-8-12;3*1-3-4-2;/h1-11H;3*1,3-4H2,2H3;. The van der Waals surface area contributed by atoms with E-state index in [2.05, 4.69) is 51.1 Å². The fourth-order valence-electron chi connectivity index (χ4n) is 4.59. The molecule has 0 amide bonds. The molecule has 2 rings (SSSR count). The van der Waals surface area contributed by atoms with Crippen LogP contribution in [0, 0.1) is 0 Å². The molecule has 152 valence electrons. The van der Waals surface area contributed by atoms with Gasteiger partial charge in [0.05, 0.1) is 0 Å². The van der Waals surface area contributed by atoms with Crippen LogP contribution in [0.4, 0.5) is 0 Å². The third-order valence-corrected chi connectivity index (χ3v) is 22.9. The SMILES string of the molecule is CCC[CH2][Sn]([CH2]CCC)([CH2]CCC)[CH](C(=O)c1ccccc1)c1ccccc1. The normalized spacial score (nSPS) is 12.7. The number of hydrogen-bond donors (Lipinski definition) is 0. The van der Waals surface area contributed by atoms with Crippen molar-refractivity contribution in [2.24, 2.45) is 0 Å². The van der Waals surface area contributed by atoms with Gasteiger partial charge < -0.3 is 0 Å². The van der Waals surface area contributed by atoms with Crippen molar-refractivity contribution in [3.63, 3.8) is 0 Å². The van der Waals surface area contributed by atoms with E-state index in [0.29, 0.717) is 5.78 Å². The van der Waals surface area contributed by atoms with Crippen LogP contribution in [-0.2, 0) is 0 Å². The summed E-state index contributed by atoms with van der Waals surface area (Å²) in [6.07, 6.45) is 7.56. The summed E-state index contributed by atoms with van der Waals surface area (Å²) in [4.78, 5) is 13.9. The first-order valence-corrected chi connectivity index (χ1v) is 19.0. The second-order valence-electron chi connectivity index (χ2n) is 8.25. The maximum atomic E-state index is 13.9. The van der Waals surface area contributed by atoms with Crippen molar-refractivity contribution >= 4 is 24.2 Å². The van der Waals surface area contributed by atoms with Gasteiger partial charge in [-0.25, -0.2) is 0 Å². The Kier molecular flexibility index (Phi) is 10.3. The number of unbranched alkanes of at least 4 members (excludes halogenated alkanes) is 3. The zero-order valence-electron chi connectivity index (χ0n) is 18.1. The predicted molar refractivity (Wildman–Crippen MR) is 125 cm³/mol. The summed E-state index contributed by atoms with van der Waals surface area (Å²) in [5.74, 6) is 0.394. The van der Waals surface area contributed by atoms with Crippen LogP contribution >= 0.6 is 0 Å². The van der Waals surface area contributed by atoms with Crippen LogP contribution in [0.1, 0.15) is 79.2 Å². The molecular formula is C26H38OSn. The van der Waals surface area contributed by atoms with Gasteiger partial charge in [-0.2, -0.15) is 0 Å². The molecule has 2 heteroatoms. The van der Waals surface area contributed by atoms with Crippen LogP contribution in [0.3, 0.4) is 0 Å². The van der Waals surface area contributed by atoms with Gasteiger partial charge in [-0.3, -0.25) is 0 Å². The Bertz CT molecular complexity index is 658. The van der Waals surface area contributed by atoms with E-state index in [-0.39, 0.29) is 3.93 Å². The Morgan fingerprint density at radius 1 is 0.714 bits per heavy atom. The maximum absolute atomic E-state index is 13.9. The van der Waals surface area contributed by atoms with Crippen molar-refractivity contribution in [1.29, 1.82) is 0 Å². The Morgan fingerprint density at radius 2 is 1.14 bits per heavy atom. The Hall–Kier alpha value is -1.09. The molecule has 1 atom stereocenters. The molecule has 0 aliphatic carbocycles. The monoisotopic (exact) mass is 486 g/mol. The average molecular weight is 485 g/mol. The second kappa shape index (κ2) is 12.5. The predicted octanol–water partition coefficient (Wildman–Crippen LogP) is 8.04. The van der Waals surface area contributed by atoms with Gasteiger partial charge in [-0.15, -0.1) is 0 Å². The van der Waals surface area contributed by atoms with Crippen molar-refractivity contribution < 1.29 is 4.79 Å². The topological polar surface area (TPSA) is 17.1 Å². The van der Waals surface area contributed by atoms with Gasteiger partial charge in [0, 0.05) is 0 Å². The van der Waals surface area contributed by atoms with E-state index in [0.717, 1.165) is 5.56 Å². The molecule has 0 spiro atoms. The molecule has 0 saturated heterocycles. The van der Waals surface area contributed by atoms with Gasteiger partial charge in [0.15, 0.2) is 0 Å². The molecule has 0 fully saturated rings.